The molecule has 0 unspecified atom stereocenters. The van der Waals surface area contributed by atoms with E-state index in [0.717, 1.165) is 26.2 Å². The molecule has 6 nitrogen and oxygen atoms in total. The van der Waals surface area contributed by atoms with Gasteiger partial charge in [-0.05, 0) is 7.05 Å². The van der Waals surface area contributed by atoms with Gasteiger partial charge < -0.3 is 4.90 Å². The van der Waals surface area contributed by atoms with Gasteiger partial charge in [-0.15, -0.1) is 11.6 Å². The fourth-order valence-corrected chi connectivity index (χ4v) is 1.32. The van der Waals surface area contributed by atoms with Crippen LogP contribution in [0.2, 0.25) is 0 Å². The predicted octanol–water partition coefficient (Wildman–Crippen LogP) is -0.787. The smallest absolute Gasteiger partial charge is 0.304 e. The number of imide groups is 1. The number of nitrogens with one attached hydrogen (secondary N) is 2. The molecule has 3 amide bonds. The van der Waals surface area contributed by atoms with Crippen LogP contribution in [0.3, 0.4) is 0 Å². The summed E-state index contributed by atoms with van der Waals surface area (Å²) in [5.74, 6) is -0.709. The Kier molecular flexibility index (Phi) is 4.80. The SMILES string of the molecule is CN1CCN(NC(=O)NC(=O)CCl)CC1. The lowest BCUT2D eigenvalue weighted by Gasteiger charge is -2.32. The molecule has 0 aromatic carbocycles. The third-order valence-corrected chi connectivity index (χ3v) is 2.38. The summed E-state index contributed by atoms with van der Waals surface area (Å²) in [6.45, 7) is 3.28. The largest absolute Gasteiger partial charge is 0.335 e. The fourth-order valence-electron chi connectivity index (χ4n) is 1.25. The molecule has 1 aliphatic heterocycles. The molecule has 0 saturated carbocycles. The van der Waals surface area contributed by atoms with Crippen molar-refractivity contribution in [2.75, 3.05) is 39.1 Å². The summed E-state index contributed by atoms with van der Waals surface area (Å²) in [7, 11) is 2.02. The van der Waals surface area contributed by atoms with E-state index < -0.39 is 11.9 Å². The van der Waals surface area contributed by atoms with Crippen LogP contribution in [0, 0.1) is 0 Å². The molecule has 0 spiro atoms. The van der Waals surface area contributed by atoms with Crippen LogP contribution in [-0.2, 0) is 4.79 Å². The van der Waals surface area contributed by atoms with Crippen LogP contribution >= 0.6 is 11.6 Å². The third-order valence-electron chi connectivity index (χ3n) is 2.14. The Balaban J connectivity index is 2.23. The lowest BCUT2D eigenvalue weighted by molar-refractivity contribution is -0.117. The second-order valence-electron chi connectivity index (χ2n) is 3.41. The highest BCUT2D eigenvalue weighted by Crippen LogP contribution is 1.94. The molecule has 1 saturated heterocycles. The number of nitrogens with zero attached hydrogens (tertiary/aromatic N) is 2. The molecule has 15 heavy (non-hydrogen) atoms. The van der Waals surface area contributed by atoms with Gasteiger partial charge in [0.25, 0.3) is 0 Å². The molecule has 0 aliphatic carbocycles. The molecule has 1 heterocycles. The van der Waals surface area contributed by atoms with Crippen LogP contribution in [0.4, 0.5) is 4.79 Å². The number of hydrogen-bond donors (Lipinski definition) is 2. The molecule has 0 radical (unpaired) electrons. The molecule has 1 aliphatic rings. The van der Waals surface area contributed by atoms with Gasteiger partial charge >= 0.3 is 6.03 Å². The standard InChI is InChI=1S/C8H15ClN4O2/c1-12-2-4-13(5-3-12)11-8(15)10-7(14)6-9/h2-6H2,1H3,(H2,10,11,14,15). The summed E-state index contributed by atoms with van der Waals surface area (Å²) < 4.78 is 0. The van der Waals surface area contributed by atoms with Crippen molar-refractivity contribution < 1.29 is 9.59 Å². The van der Waals surface area contributed by atoms with Crippen molar-refractivity contribution in [3.8, 4) is 0 Å². The first-order valence-electron chi connectivity index (χ1n) is 4.71. The Hall–Kier alpha value is -0.850. The topological polar surface area (TPSA) is 64.7 Å². The summed E-state index contributed by atoms with van der Waals surface area (Å²) in [5, 5.41) is 3.89. The van der Waals surface area contributed by atoms with E-state index in [4.69, 9.17) is 11.6 Å². The summed E-state index contributed by atoms with van der Waals surface area (Å²) in [5.41, 5.74) is 2.58. The van der Waals surface area contributed by atoms with E-state index in [0.29, 0.717) is 0 Å². The molecular formula is C8H15ClN4O2. The maximum atomic E-state index is 11.2. The molecule has 86 valence electrons. The van der Waals surface area contributed by atoms with Gasteiger partial charge in [0.1, 0.15) is 5.88 Å². The van der Waals surface area contributed by atoms with E-state index in [2.05, 4.69) is 15.6 Å². The van der Waals surface area contributed by atoms with E-state index in [9.17, 15) is 9.59 Å². The normalized spacial score (nSPS) is 18.5. The van der Waals surface area contributed by atoms with Crippen molar-refractivity contribution in [3.05, 3.63) is 0 Å². The van der Waals surface area contributed by atoms with E-state index in [1.165, 1.54) is 0 Å². The number of carbonyl (C=O) groups is 2. The number of urea groups is 1. The number of piperazine rings is 1. The Bertz CT molecular complexity index is 241. The summed E-state index contributed by atoms with van der Waals surface area (Å²) >= 11 is 5.25. The zero-order valence-corrected chi connectivity index (χ0v) is 9.38. The highest BCUT2D eigenvalue weighted by atomic mass is 35.5. The number of rotatable bonds is 2. The van der Waals surface area contributed by atoms with Gasteiger partial charge in [0.2, 0.25) is 5.91 Å². The van der Waals surface area contributed by atoms with E-state index in [-0.39, 0.29) is 5.88 Å². The Morgan fingerprint density at radius 2 is 1.87 bits per heavy atom. The van der Waals surface area contributed by atoms with Crippen molar-refractivity contribution in [2.45, 2.75) is 0 Å². The fraction of sp³-hybridized carbons (Fsp3) is 0.750. The summed E-state index contributed by atoms with van der Waals surface area (Å²) in [6, 6.07) is -0.523. The van der Waals surface area contributed by atoms with Crippen molar-refractivity contribution in [3.63, 3.8) is 0 Å². The average molecular weight is 235 g/mol. The first kappa shape index (κ1) is 12.2. The van der Waals surface area contributed by atoms with Gasteiger partial charge in [-0.25, -0.2) is 9.80 Å². The number of amides is 3. The zero-order chi connectivity index (χ0) is 11.3. The van der Waals surface area contributed by atoms with Gasteiger partial charge in [-0.1, -0.05) is 0 Å². The van der Waals surface area contributed by atoms with E-state index in [1.54, 1.807) is 5.01 Å². The van der Waals surface area contributed by atoms with Gasteiger partial charge in [-0.3, -0.25) is 15.5 Å². The van der Waals surface area contributed by atoms with Crippen molar-refractivity contribution in [1.29, 1.82) is 0 Å². The van der Waals surface area contributed by atoms with Gasteiger partial charge in [0.15, 0.2) is 0 Å². The van der Waals surface area contributed by atoms with Crippen molar-refractivity contribution in [1.82, 2.24) is 20.7 Å². The van der Waals surface area contributed by atoms with Gasteiger partial charge in [0, 0.05) is 26.2 Å². The maximum Gasteiger partial charge on any atom is 0.335 e. The number of hydrazine groups is 1. The first-order chi connectivity index (χ1) is 7.11. The van der Waals surface area contributed by atoms with E-state index in [1.807, 2.05) is 7.05 Å². The zero-order valence-electron chi connectivity index (χ0n) is 8.62. The number of hydrogen-bond acceptors (Lipinski definition) is 4. The lowest BCUT2D eigenvalue weighted by atomic mass is 10.4. The van der Waals surface area contributed by atoms with Crippen LogP contribution in [0.1, 0.15) is 0 Å². The molecule has 1 rings (SSSR count). The van der Waals surface area contributed by atoms with Crippen molar-refractivity contribution in [2.24, 2.45) is 0 Å². The maximum absolute atomic E-state index is 11.2. The minimum absolute atomic E-state index is 0.212. The number of alkyl halides is 1. The number of halogens is 1. The summed E-state index contributed by atoms with van der Waals surface area (Å²) in [4.78, 5) is 24.2. The molecule has 0 bridgehead atoms. The molecular weight excluding hydrogens is 220 g/mol. The predicted molar refractivity (Wildman–Crippen MR) is 56.5 cm³/mol. The second-order valence-corrected chi connectivity index (χ2v) is 3.68. The first-order valence-corrected chi connectivity index (χ1v) is 5.25. The highest BCUT2D eigenvalue weighted by Gasteiger charge is 2.16. The molecule has 0 aromatic heterocycles. The van der Waals surface area contributed by atoms with Gasteiger partial charge in [-0.2, -0.15) is 0 Å². The van der Waals surface area contributed by atoms with Crippen LogP contribution in [0.15, 0.2) is 0 Å². The molecule has 1 fully saturated rings. The quantitative estimate of drug-likeness (QED) is 0.615. The average Bonchev–Trinajstić information content (AvgIpc) is 2.21. The van der Waals surface area contributed by atoms with Crippen LogP contribution in [0.25, 0.3) is 0 Å². The van der Waals surface area contributed by atoms with Crippen LogP contribution < -0.4 is 10.7 Å². The number of carbonyl (C=O) groups excluding carboxylic acids is 2. The van der Waals surface area contributed by atoms with E-state index >= 15 is 0 Å². The summed E-state index contributed by atoms with van der Waals surface area (Å²) in [6.07, 6.45) is 0. The second kappa shape index (κ2) is 5.89. The lowest BCUT2D eigenvalue weighted by Crippen LogP contribution is -2.55. The minimum Gasteiger partial charge on any atom is -0.304 e. The molecule has 7 heteroatoms. The Morgan fingerprint density at radius 3 is 2.40 bits per heavy atom. The minimum atomic E-state index is -0.523. The molecule has 0 atom stereocenters. The van der Waals surface area contributed by atoms with Gasteiger partial charge in [0.05, 0.1) is 0 Å². The Labute approximate surface area is 93.5 Å². The molecule has 0 aromatic rings. The van der Waals surface area contributed by atoms with Crippen LogP contribution in [-0.4, -0.2) is 61.0 Å². The third kappa shape index (κ3) is 4.46. The Morgan fingerprint density at radius 1 is 1.27 bits per heavy atom. The monoisotopic (exact) mass is 234 g/mol. The number of likely N-dealkylation sites (N-methyl/N-ethyl adjacent to an activating group) is 1. The van der Waals surface area contributed by atoms with Crippen LogP contribution in [0.5, 0.6) is 0 Å². The highest BCUT2D eigenvalue weighted by molar-refractivity contribution is 6.28. The molecule has 2 N–H and O–H groups in total. The van der Waals surface area contributed by atoms with Crippen molar-refractivity contribution >= 4 is 23.5 Å².